The molecule has 1 aromatic heterocycles. The fourth-order valence-corrected chi connectivity index (χ4v) is 3.39. The molecule has 1 aliphatic heterocycles. The Morgan fingerprint density at radius 3 is 2.83 bits per heavy atom. The summed E-state index contributed by atoms with van der Waals surface area (Å²) in [6.07, 6.45) is 2.53. The predicted octanol–water partition coefficient (Wildman–Crippen LogP) is 2.75. The first-order valence-electron chi connectivity index (χ1n) is 8.71. The van der Waals surface area contributed by atoms with Gasteiger partial charge in [-0.25, -0.2) is 0 Å². The van der Waals surface area contributed by atoms with Crippen LogP contribution < -0.4 is 5.32 Å². The van der Waals surface area contributed by atoms with E-state index in [1.54, 1.807) is 4.90 Å². The number of hydrogen-bond acceptors (Lipinski definition) is 2. The van der Waals surface area contributed by atoms with Gasteiger partial charge in [0.2, 0.25) is 5.91 Å². The first kappa shape index (κ1) is 16.6. The third kappa shape index (κ3) is 2.90. The molecule has 1 atom stereocenters. The minimum atomic E-state index is -0.0595. The van der Waals surface area contributed by atoms with E-state index in [0.717, 1.165) is 23.7 Å². The number of fused-ring (bicyclic) bond motifs is 3. The number of aryl methyl sites for hydroxylation is 1. The minimum absolute atomic E-state index is 0.0336. The number of aromatic nitrogens is 1. The Bertz CT molecular complexity index is 778. The lowest BCUT2D eigenvalue weighted by atomic mass is 10.1. The van der Waals surface area contributed by atoms with Crippen LogP contribution in [0.15, 0.2) is 24.3 Å². The molecule has 0 spiro atoms. The van der Waals surface area contributed by atoms with Crippen LogP contribution >= 0.6 is 0 Å². The van der Waals surface area contributed by atoms with Gasteiger partial charge in [0.05, 0.1) is 6.04 Å². The average molecular weight is 327 g/mol. The van der Waals surface area contributed by atoms with Gasteiger partial charge in [0.25, 0.3) is 5.91 Å². The third-order valence-electron chi connectivity index (χ3n) is 4.85. The SMILES string of the molecule is CCCc1ccc2c(c1)cc1n2C(CC(=O)N(C)CC)CNC1=O. The van der Waals surface area contributed by atoms with Gasteiger partial charge in [-0.05, 0) is 37.1 Å². The van der Waals surface area contributed by atoms with Gasteiger partial charge in [-0.3, -0.25) is 9.59 Å². The summed E-state index contributed by atoms with van der Waals surface area (Å²) in [5.74, 6) is 0.0461. The summed E-state index contributed by atoms with van der Waals surface area (Å²) in [7, 11) is 1.81. The molecule has 5 nitrogen and oxygen atoms in total. The van der Waals surface area contributed by atoms with Crippen LogP contribution in [0.5, 0.6) is 0 Å². The fraction of sp³-hybridized carbons (Fsp3) is 0.474. The van der Waals surface area contributed by atoms with E-state index in [9.17, 15) is 9.59 Å². The monoisotopic (exact) mass is 327 g/mol. The first-order chi connectivity index (χ1) is 11.5. The van der Waals surface area contributed by atoms with Gasteiger partial charge in [-0.15, -0.1) is 0 Å². The zero-order chi connectivity index (χ0) is 17.3. The second-order valence-electron chi connectivity index (χ2n) is 6.52. The Morgan fingerprint density at radius 1 is 1.33 bits per heavy atom. The van der Waals surface area contributed by atoms with Crippen LogP contribution in [-0.4, -0.2) is 41.4 Å². The van der Waals surface area contributed by atoms with E-state index in [2.05, 4.69) is 30.4 Å². The maximum absolute atomic E-state index is 12.3. The van der Waals surface area contributed by atoms with Crippen molar-refractivity contribution >= 4 is 22.7 Å². The van der Waals surface area contributed by atoms with Gasteiger partial charge in [0.15, 0.2) is 0 Å². The number of carbonyl (C=O) groups excluding carboxylic acids is 2. The number of nitrogens with zero attached hydrogens (tertiary/aromatic N) is 2. The van der Waals surface area contributed by atoms with E-state index in [-0.39, 0.29) is 17.9 Å². The second-order valence-corrected chi connectivity index (χ2v) is 6.52. The van der Waals surface area contributed by atoms with Gasteiger partial charge >= 0.3 is 0 Å². The molecule has 1 aromatic carbocycles. The molecule has 5 heteroatoms. The minimum Gasteiger partial charge on any atom is -0.349 e. The van der Waals surface area contributed by atoms with Crippen molar-refractivity contribution in [1.82, 2.24) is 14.8 Å². The van der Waals surface area contributed by atoms with E-state index in [1.807, 2.05) is 24.6 Å². The molecule has 0 saturated carbocycles. The summed E-state index contributed by atoms with van der Waals surface area (Å²) in [5.41, 5.74) is 2.98. The Morgan fingerprint density at radius 2 is 2.12 bits per heavy atom. The van der Waals surface area contributed by atoms with E-state index >= 15 is 0 Å². The normalized spacial score (nSPS) is 16.8. The largest absolute Gasteiger partial charge is 0.349 e. The van der Waals surface area contributed by atoms with Crippen LogP contribution in [0, 0.1) is 0 Å². The van der Waals surface area contributed by atoms with E-state index in [1.165, 1.54) is 5.56 Å². The lowest BCUT2D eigenvalue weighted by Gasteiger charge is -2.28. The smallest absolute Gasteiger partial charge is 0.268 e. The van der Waals surface area contributed by atoms with Crippen molar-refractivity contribution in [3.05, 3.63) is 35.5 Å². The Balaban J connectivity index is 2.00. The average Bonchev–Trinajstić information content (AvgIpc) is 2.96. The molecule has 2 aromatic rings. The predicted molar refractivity (Wildman–Crippen MR) is 95.2 cm³/mol. The maximum atomic E-state index is 12.3. The first-order valence-corrected chi connectivity index (χ1v) is 8.71. The number of nitrogens with one attached hydrogen (secondary N) is 1. The molecule has 2 amide bonds. The number of carbonyl (C=O) groups is 2. The van der Waals surface area contributed by atoms with Crippen LogP contribution in [0.4, 0.5) is 0 Å². The van der Waals surface area contributed by atoms with Gasteiger partial charge < -0.3 is 14.8 Å². The van der Waals surface area contributed by atoms with Crippen molar-refractivity contribution in [2.24, 2.45) is 0 Å². The molecule has 0 saturated heterocycles. The van der Waals surface area contributed by atoms with Crippen LogP contribution in [0.25, 0.3) is 10.9 Å². The molecule has 2 heterocycles. The molecular formula is C19H25N3O2. The van der Waals surface area contributed by atoms with Crippen molar-refractivity contribution in [3.8, 4) is 0 Å². The van der Waals surface area contributed by atoms with Gasteiger partial charge in [-0.1, -0.05) is 19.4 Å². The molecule has 0 bridgehead atoms. The zero-order valence-corrected chi connectivity index (χ0v) is 14.6. The number of benzene rings is 1. The van der Waals surface area contributed by atoms with E-state index < -0.39 is 0 Å². The van der Waals surface area contributed by atoms with Crippen LogP contribution in [0.1, 0.15) is 48.8 Å². The van der Waals surface area contributed by atoms with E-state index in [4.69, 9.17) is 0 Å². The number of hydrogen-bond donors (Lipinski definition) is 1. The highest BCUT2D eigenvalue weighted by Crippen LogP contribution is 2.29. The van der Waals surface area contributed by atoms with Crippen LogP contribution in [-0.2, 0) is 11.2 Å². The standard InChI is InChI=1S/C19H25N3O2/c1-4-6-13-7-8-16-14(9-13)10-17-19(24)20-12-15(22(16)17)11-18(23)21(3)5-2/h7-10,15H,4-6,11-12H2,1-3H3,(H,20,24). The van der Waals surface area contributed by atoms with Crippen molar-refractivity contribution in [2.75, 3.05) is 20.1 Å². The van der Waals surface area contributed by atoms with Crippen molar-refractivity contribution < 1.29 is 9.59 Å². The fourth-order valence-electron chi connectivity index (χ4n) is 3.39. The van der Waals surface area contributed by atoms with Crippen molar-refractivity contribution in [2.45, 2.75) is 39.2 Å². The summed E-state index contributed by atoms with van der Waals surface area (Å²) in [5, 5.41) is 4.00. The maximum Gasteiger partial charge on any atom is 0.268 e. The lowest BCUT2D eigenvalue weighted by molar-refractivity contribution is -0.130. The molecular weight excluding hydrogens is 302 g/mol. The zero-order valence-electron chi connectivity index (χ0n) is 14.6. The highest BCUT2D eigenvalue weighted by atomic mass is 16.2. The van der Waals surface area contributed by atoms with Crippen molar-refractivity contribution in [3.63, 3.8) is 0 Å². The van der Waals surface area contributed by atoms with Crippen molar-refractivity contribution in [1.29, 1.82) is 0 Å². The Kier molecular flexibility index (Phi) is 4.60. The summed E-state index contributed by atoms with van der Waals surface area (Å²) < 4.78 is 2.05. The molecule has 0 aliphatic carbocycles. The number of rotatable bonds is 5. The molecule has 0 fully saturated rings. The summed E-state index contributed by atoms with van der Waals surface area (Å²) in [6.45, 7) is 5.31. The van der Waals surface area contributed by atoms with Gasteiger partial charge in [0.1, 0.15) is 5.69 Å². The van der Waals surface area contributed by atoms with Crippen LogP contribution in [0.3, 0.4) is 0 Å². The molecule has 0 radical (unpaired) electrons. The third-order valence-corrected chi connectivity index (χ3v) is 4.85. The molecule has 24 heavy (non-hydrogen) atoms. The highest BCUT2D eigenvalue weighted by molar-refractivity contribution is 6.00. The molecule has 128 valence electrons. The molecule has 1 aliphatic rings. The van der Waals surface area contributed by atoms with Crippen LogP contribution in [0.2, 0.25) is 0 Å². The molecule has 1 unspecified atom stereocenters. The molecule has 1 N–H and O–H groups in total. The lowest BCUT2D eigenvalue weighted by Crippen LogP contribution is -2.41. The summed E-state index contributed by atoms with van der Waals surface area (Å²) in [4.78, 5) is 26.3. The Labute approximate surface area is 142 Å². The van der Waals surface area contributed by atoms with E-state index in [0.29, 0.717) is 25.2 Å². The highest BCUT2D eigenvalue weighted by Gasteiger charge is 2.29. The summed E-state index contributed by atoms with van der Waals surface area (Å²) >= 11 is 0. The summed E-state index contributed by atoms with van der Waals surface area (Å²) in [6, 6.07) is 8.29. The topological polar surface area (TPSA) is 54.3 Å². The number of amides is 2. The Hall–Kier alpha value is -2.30. The quantitative estimate of drug-likeness (QED) is 0.918. The molecule has 3 rings (SSSR count). The second kappa shape index (κ2) is 6.67. The van der Waals surface area contributed by atoms with Gasteiger partial charge in [0, 0.05) is 37.5 Å². The van der Waals surface area contributed by atoms with Gasteiger partial charge in [-0.2, -0.15) is 0 Å².